The van der Waals surface area contributed by atoms with E-state index in [4.69, 9.17) is 0 Å². The summed E-state index contributed by atoms with van der Waals surface area (Å²) in [6.07, 6.45) is 4.20. The molecule has 0 aliphatic carbocycles. The summed E-state index contributed by atoms with van der Waals surface area (Å²) in [6, 6.07) is 1.30. The first-order valence-corrected chi connectivity index (χ1v) is 8.78. The van der Waals surface area contributed by atoms with Crippen molar-refractivity contribution < 1.29 is 0 Å². The molecule has 0 aromatic rings. The highest BCUT2D eigenvalue weighted by Crippen LogP contribution is 2.18. The average Bonchev–Trinajstić information content (AvgIpc) is 2.34. The quantitative estimate of drug-likeness (QED) is 0.495. The Balaban J connectivity index is 2.35. The summed E-state index contributed by atoms with van der Waals surface area (Å²) in [5, 5.41) is 0. The van der Waals surface area contributed by atoms with Gasteiger partial charge in [-0.25, -0.2) is 0 Å². The minimum atomic E-state index is -1.01. The van der Waals surface area contributed by atoms with E-state index >= 15 is 0 Å². The van der Waals surface area contributed by atoms with Gasteiger partial charge in [-0.15, -0.1) is 6.58 Å². The van der Waals surface area contributed by atoms with E-state index in [0.717, 1.165) is 0 Å². The van der Waals surface area contributed by atoms with Crippen LogP contribution in [0.15, 0.2) is 12.2 Å². The maximum absolute atomic E-state index is 4.03. The predicted molar refractivity (Wildman–Crippen MR) is 62.8 cm³/mol. The zero-order valence-electron chi connectivity index (χ0n) is 9.40. The molecule has 13 heavy (non-hydrogen) atoms. The van der Waals surface area contributed by atoms with Gasteiger partial charge in [0.25, 0.3) is 0 Å². The molecule has 76 valence electrons. The summed E-state index contributed by atoms with van der Waals surface area (Å²) in [7, 11) is -1.01. The summed E-state index contributed by atoms with van der Waals surface area (Å²) < 4.78 is 0. The maximum atomic E-state index is 4.03. The molecule has 0 saturated carbocycles. The van der Waals surface area contributed by atoms with Crippen molar-refractivity contribution >= 4 is 8.07 Å². The van der Waals surface area contributed by atoms with Crippen molar-refractivity contribution in [1.29, 1.82) is 0 Å². The topological polar surface area (TPSA) is 3.24 Å². The molecule has 0 aromatic heterocycles. The van der Waals surface area contributed by atoms with E-state index in [0.29, 0.717) is 0 Å². The van der Waals surface area contributed by atoms with E-state index in [1.165, 1.54) is 43.7 Å². The van der Waals surface area contributed by atoms with Crippen LogP contribution in [-0.4, -0.2) is 32.2 Å². The molecule has 1 saturated heterocycles. The molecule has 0 aromatic carbocycles. The number of rotatable bonds is 4. The van der Waals surface area contributed by atoms with Gasteiger partial charge in [0.2, 0.25) is 0 Å². The number of likely N-dealkylation sites (tertiary alicyclic amines) is 1. The first-order valence-electron chi connectivity index (χ1n) is 5.36. The van der Waals surface area contributed by atoms with Crippen molar-refractivity contribution in [3.05, 3.63) is 12.2 Å². The average molecular weight is 197 g/mol. The third-order valence-corrected chi connectivity index (χ3v) is 5.49. The van der Waals surface area contributed by atoms with Gasteiger partial charge in [-0.05, 0) is 45.1 Å². The second kappa shape index (κ2) is 4.42. The smallest absolute Gasteiger partial charge is 0.0669 e. The minimum absolute atomic E-state index is 1.01. The molecule has 0 atom stereocenters. The van der Waals surface area contributed by atoms with Crippen molar-refractivity contribution in [3.8, 4) is 0 Å². The fourth-order valence-corrected chi connectivity index (χ4v) is 5.69. The second-order valence-corrected chi connectivity index (χ2v) is 10.3. The van der Waals surface area contributed by atoms with Crippen molar-refractivity contribution in [1.82, 2.24) is 4.90 Å². The van der Waals surface area contributed by atoms with Crippen LogP contribution in [-0.2, 0) is 0 Å². The van der Waals surface area contributed by atoms with Crippen LogP contribution < -0.4 is 0 Å². The molecule has 0 radical (unpaired) electrons. The van der Waals surface area contributed by atoms with E-state index < -0.39 is 8.07 Å². The lowest BCUT2D eigenvalue weighted by Crippen LogP contribution is -2.41. The highest BCUT2D eigenvalue weighted by atomic mass is 28.3. The molecule has 1 nitrogen and oxygen atoms in total. The molecule has 2 heteroatoms. The van der Waals surface area contributed by atoms with Crippen LogP contribution in [0, 0.1) is 0 Å². The first kappa shape index (κ1) is 11.0. The molecule has 1 fully saturated rings. The van der Waals surface area contributed by atoms with Crippen LogP contribution >= 0.6 is 0 Å². The Bertz CT molecular complexity index is 181. The highest BCUT2D eigenvalue weighted by Gasteiger charge is 2.25. The van der Waals surface area contributed by atoms with Crippen molar-refractivity contribution in [3.63, 3.8) is 0 Å². The molecule has 0 amide bonds. The number of allylic oxidation sites excluding steroid dienone is 1. The number of hydrogen-bond donors (Lipinski definition) is 0. The summed E-state index contributed by atoms with van der Waals surface area (Å²) in [6.45, 7) is 13.8. The summed E-state index contributed by atoms with van der Waals surface area (Å²) in [4.78, 5) is 2.65. The molecule has 0 unspecified atom stereocenters. The zero-order valence-corrected chi connectivity index (χ0v) is 10.4. The highest BCUT2D eigenvalue weighted by molar-refractivity contribution is 6.78. The van der Waals surface area contributed by atoms with Crippen LogP contribution in [0.25, 0.3) is 0 Å². The Morgan fingerprint density at radius 2 is 1.85 bits per heavy atom. The van der Waals surface area contributed by atoms with Crippen LogP contribution in [0.4, 0.5) is 0 Å². The van der Waals surface area contributed by atoms with Crippen LogP contribution in [0.5, 0.6) is 0 Å². The number of nitrogens with zero attached hydrogens (tertiary/aromatic N) is 1. The third kappa shape index (κ3) is 4.10. The van der Waals surface area contributed by atoms with Gasteiger partial charge in [0, 0.05) is 0 Å². The Hall–Kier alpha value is -0.0831. The molecule has 0 spiro atoms. The van der Waals surface area contributed by atoms with E-state index in [1.54, 1.807) is 0 Å². The lowest BCUT2D eigenvalue weighted by molar-refractivity contribution is 0.389. The SMILES string of the molecule is C=C(C)C[Si](C)(C)CN1CCCC1. The zero-order chi connectivity index (χ0) is 9.90. The van der Waals surface area contributed by atoms with E-state index in [-0.39, 0.29) is 0 Å². The Morgan fingerprint density at radius 3 is 2.31 bits per heavy atom. The van der Waals surface area contributed by atoms with E-state index in [2.05, 4.69) is 31.5 Å². The van der Waals surface area contributed by atoms with Gasteiger partial charge in [-0.1, -0.05) is 18.7 Å². The molecule has 0 bridgehead atoms. The molecule has 1 aliphatic heterocycles. The van der Waals surface area contributed by atoms with E-state index in [1.807, 2.05) is 0 Å². The molecule has 1 rings (SSSR count). The minimum Gasteiger partial charge on any atom is -0.306 e. The van der Waals surface area contributed by atoms with Gasteiger partial charge < -0.3 is 4.90 Å². The largest absolute Gasteiger partial charge is 0.306 e. The molecule has 0 N–H and O–H groups in total. The van der Waals surface area contributed by atoms with Crippen molar-refractivity contribution in [2.75, 3.05) is 19.3 Å². The maximum Gasteiger partial charge on any atom is 0.0669 e. The summed E-state index contributed by atoms with van der Waals surface area (Å²) >= 11 is 0. The van der Waals surface area contributed by atoms with Crippen LogP contribution in [0.3, 0.4) is 0 Å². The van der Waals surface area contributed by atoms with Crippen molar-refractivity contribution in [2.24, 2.45) is 0 Å². The Kier molecular flexibility index (Phi) is 3.74. The normalized spacial score (nSPS) is 19.3. The van der Waals surface area contributed by atoms with Gasteiger partial charge in [0.1, 0.15) is 0 Å². The van der Waals surface area contributed by atoms with Gasteiger partial charge in [-0.3, -0.25) is 0 Å². The van der Waals surface area contributed by atoms with E-state index in [9.17, 15) is 0 Å². The standard InChI is InChI=1S/C11H23NSi/c1-11(2)9-13(3,4)10-12-7-5-6-8-12/h1,5-10H2,2-4H3. The fourth-order valence-electron chi connectivity index (χ4n) is 2.42. The summed E-state index contributed by atoms with van der Waals surface area (Å²) in [5.74, 6) is 0. The predicted octanol–water partition coefficient (Wildman–Crippen LogP) is 2.91. The second-order valence-electron chi connectivity index (χ2n) is 5.28. The van der Waals surface area contributed by atoms with Crippen LogP contribution in [0.2, 0.25) is 19.1 Å². The monoisotopic (exact) mass is 197 g/mol. The number of hydrogen-bond acceptors (Lipinski definition) is 1. The Morgan fingerprint density at radius 1 is 1.31 bits per heavy atom. The lowest BCUT2D eigenvalue weighted by Gasteiger charge is -2.28. The third-order valence-electron chi connectivity index (χ3n) is 2.63. The molecule has 1 heterocycles. The lowest BCUT2D eigenvalue weighted by atomic mass is 10.4. The van der Waals surface area contributed by atoms with Gasteiger partial charge in [0.05, 0.1) is 8.07 Å². The van der Waals surface area contributed by atoms with Gasteiger partial charge >= 0.3 is 0 Å². The van der Waals surface area contributed by atoms with Gasteiger partial charge in [0.15, 0.2) is 0 Å². The van der Waals surface area contributed by atoms with Gasteiger partial charge in [-0.2, -0.15) is 0 Å². The van der Waals surface area contributed by atoms with Crippen LogP contribution in [0.1, 0.15) is 19.8 Å². The summed E-state index contributed by atoms with van der Waals surface area (Å²) in [5.41, 5.74) is 1.37. The molecular formula is C11H23NSi. The first-order chi connectivity index (χ1) is 5.99. The Labute approximate surface area is 83.8 Å². The van der Waals surface area contributed by atoms with Crippen molar-refractivity contribution in [2.45, 2.75) is 38.9 Å². The molecular weight excluding hydrogens is 174 g/mol. The molecule has 1 aliphatic rings. The fraction of sp³-hybridized carbons (Fsp3) is 0.818.